The minimum absolute atomic E-state index is 0.681. The summed E-state index contributed by atoms with van der Waals surface area (Å²) in [6.07, 6.45) is 0.681. The summed E-state index contributed by atoms with van der Waals surface area (Å²) in [5.74, 6) is 0. The van der Waals surface area contributed by atoms with Crippen molar-refractivity contribution in [1.82, 2.24) is 20.4 Å². The highest BCUT2D eigenvalue weighted by molar-refractivity contribution is 5.14. The van der Waals surface area contributed by atoms with Gasteiger partial charge >= 0.3 is 0 Å². The van der Waals surface area contributed by atoms with Crippen molar-refractivity contribution in [2.75, 3.05) is 0 Å². The van der Waals surface area contributed by atoms with Crippen LogP contribution in [0.25, 0.3) is 0 Å². The summed E-state index contributed by atoms with van der Waals surface area (Å²) in [4.78, 5) is 0. The first-order valence-electron chi connectivity index (χ1n) is 4.82. The molecule has 0 bridgehead atoms. The van der Waals surface area contributed by atoms with Crippen molar-refractivity contribution in [3.8, 4) is 0 Å². The van der Waals surface area contributed by atoms with Crippen molar-refractivity contribution < 1.29 is 0 Å². The Hall–Kier alpha value is -1.84. The van der Waals surface area contributed by atoms with Crippen LogP contribution in [-0.4, -0.2) is 20.4 Å². The Kier molecular flexibility index (Phi) is 2.67. The van der Waals surface area contributed by atoms with Gasteiger partial charge in [-0.3, -0.25) is 0 Å². The highest BCUT2D eigenvalue weighted by atomic mass is 15.1. The number of nitrogens with zero attached hydrogens (tertiary/aromatic N) is 4. The van der Waals surface area contributed by atoms with Crippen LogP contribution in [-0.2, 0) is 6.42 Å². The first-order valence-corrected chi connectivity index (χ1v) is 4.82. The Bertz CT molecular complexity index is 390. The fraction of sp³-hybridized carbons (Fsp3) is 0.273. The Morgan fingerprint density at radius 3 is 1.53 bits per heavy atom. The Morgan fingerprint density at radius 1 is 0.733 bits per heavy atom. The van der Waals surface area contributed by atoms with Crippen molar-refractivity contribution in [3.05, 3.63) is 47.0 Å². The molecule has 0 aromatic carbocycles. The van der Waals surface area contributed by atoms with E-state index < -0.39 is 0 Å². The monoisotopic (exact) mass is 200 g/mol. The number of aromatic nitrogens is 4. The fourth-order valence-electron chi connectivity index (χ4n) is 1.23. The van der Waals surface area contributed by atoms with Gasteiger partial charge in [0.25, 0.3) is 0 Å². The molecule has 0 amide bonds. The lowest BCUT2D eigenvalue weighted by atomic mass is 10.2. The van der Waals surface area contributed by atoms with E-state index in [-0.39, 0.29) is 0 Å². The van der Waals surface area contributed by atoms with Gasteiger partial charge in [0.2, 0.25) is 0 Å². The molecule has 2 rings (SSSR count). The maximum atomic E-state index is 4.08. The molecule has 0 saturated carbocycles. The molecular weight excluding hydrogens is 188 g/mol. The molecule has 2 aromatic heterocycles. The Labute approximate surface area is 88.4 Å². The standard InChI is InChI=1S/C11H12N4/c1-8-3-5-10(14-12-8)7-11-6-4-9(2)13-15-11/h3-6H,7H2,1-2H3. The lowest BCUT2D eigenvalue weighted by molar-refractivity contribution is 0.857. The molecule has 0 N–H and O–H groups in total. The van der Waals surface area contributed by atoms with Gasteiger partial charge in [0.15, 0.2) is 0 Å². The molecule has 0 fully saturated rings. The summed E-state index contributed by atoms with van der Waals surface area (Å²) < 4.78 is 0. The number of hydrogen-bond donors (Lipinski definition) is 0. The molecule has 0 radical (unpaired) electrons. The maximum Gasteiger partial charge on any atom is 0.0691 e. The van der Waals surface area contributed by atoms with Crippen molar-refractivity contribution >= 4 is 0 Å². The summed E-state index contributed by atoms with van der Waals surface area (Å²) in [6, 6.07) is 7.82. The van der Waals surface area contributed by atoms with E-state index in [1.807, 2.05) is 38.1 Å². The van der Waals surface area contributed by atoms with Crippen molar-refractivity contribution in [3.63, 3.8) is 0 Å². The zero-order valence-corrected chi connectivity index (χ0v) is 8.81. The summed E-state index contributed by atoms with van der Waals surface area (Å²) in [6.45, 7) is 3.84. The predicted octanol–water partition coefficient (Wildman–Crippen LogP) is 1.47. The van der Waals surface area contributed by atoms with Gasteiger partial charge in [-0.2, -0.15) is 20.4 Å². The van der Waals surface area contributed by atoms with Crippen LogP contribution in [0.1, 0.15) is 22.8 Å². The quantitative estimate of drug-likeness (QED) is 0.736. The van der Waals surface area contributed by atoms with E-state index in [9.17, 15) is 0 Å². The minimum Gasteiger partial charge on any atom is -0.156 e. The average molecular weight is 200 g/mol. The molecule has 15 heavy (non-hydrogen) atoms. The van der Waals surface area contributed by atoms with Gasteiger partial charge < -0.3 is 0 Å². The highest BCUT2D eigenvalue weighted by Crippen LogP contribution is 2.03. The summed E-state index contributed by atoms with van der Waals surface area (Å²) in [7, 11) is 0. The Morgan fingerprint density at radius 2 is 1.20 bits per heavy atom. The van der Waals surface area contributed by atoms with Crippen LogP contribution >= 0.6 is 0 Å². The van der Waals surface area contributed by atoms with E-state index in [4.69, 9.17) is 0 Å². The average Bonchev–Trinajstić information content (AvgIpc) is 2.25. The molecule has 0 aliphatic carbocycles. The third kappa shape index (κ3) is 2.56. The van der Waals surface area contributed by atoms with E-state index in [1.54, 1.807) is 0 Å². The smallest absolute Gasteiger partial charge is 0.0691 e. The van der Waals surface area contributed by atoms with Crippen LogP contribution in [0, 0.1) is 13.8 Å². The summed E-state index contributed by atoms with van der Waals surface area (Å²) in [5, 5.41) is 16.1. The molecular formula is C11H12N4. The van der Waals surface area contributed by atoms with E-state index in [0.29, 0.717) is 6.42 Å². The van der Waals surface area contributed by atoms with Crippen molar-refractivity contribution in [1.29, 1.82) is 0 Å². The fourth-order valence-corrected chi connectivity index (χ4v) is 1.23. The molecule has 0 spiro atoms. The van der Waals surface area contributed by atoms with Gasteiger partial charge in [0, 0.05) is 6.42 Å². The second kappa shape index (κ2) is 4.13. The zero-order chi connectivity index (χ0) is 10.7. The number of rotatable bonds is 2. The molecule has 0 saturated heterocycles. The van der Waals surface area contributed by atoms with E-state index in [0.717, 1.165) is 22.8 Å². The molecule has 0 unspecified atom stereocenters. The molecule has 2 aromatic rings. The van der Waals surface area contributed by atoms with Crippen LogP contribution < -0.4 is 0 Å². The normalized spacial score (nSPS) is 10.3. The molecule has 2 heterocycles. The summed E-state index contributed by atoms with van der Waals surface area (Å²) in [5.41, 5.74) is 3.68. The van der Waals surface area contributed by atoms with Crippen molar-refractivity contribution in [2.24, 2.45) is 0 Å². The lowest BCUT2D eigenvalue weighted by Crippen LogP contribution is -1.99. The van der Waals surface area contributed by atoms with Crippen LogP contribution in [0.4, 0.5) is 0 Å². The van der Waals surface area contributed by atoms with Crippen LogP contribution in [0.15, 0.2) is 24.3 Å². The zero-order valence-electron chi connectivity index (χ0n) is 8.81. The number of hydrogen-bond acceptors (Lipinski definition) is 4. The van der Waals surface area contributed by atoms with Gasteiger partial charge in [-0.1, -0.05) is 0 Å². The maximum absolute atomic E-state index is 4.08. The van der Waals surface area contributed by atoms with Gasteiger partial charge in [0.1, 0.15) is 0 Å². The van der Waals surface area contributed by atoms with E-state index in [1.165, 1.54) is 0 Å². The molecule has 4 nitrogen and oxygen atoms in total. The first kappa shape index (κ1) is 9.71. The summed E-state index contributed by atoms with van der Waals surface area (Å²) >= 11 is 0. The second-order valence-electron chi connectivity index (χ2n) is 3.51. The predicted molar refractivity (Wildman–Crippen MR) is 56.3 cm³/mol. The van der Waals surface area contributed by atoms with Gasteiger partial charge in [-0.25, -0.2) is 0 Å². The molecule has 0 atom stereocenters. The van der Waals surface area contributed by atoms with Crippen LogP contribution in [0.5, 0.6) is 0 Å². The van der Waals surface area contributed by atoms with Crippen molar-refractivity contribution in [2.45, 2.75) is 20.3 Å². The SMILES string of the molecule is Cc1ccc(Cc2ccc(C)nn2)nn1. The molecule has 76 valence electrons. The van der Waals surface area contributed by atoms with Crippen LogP contribution in [0.3, 0.4) is 0 Å². The van der Waals surface area contributed by atoms with E-state index in [2.05, 4.69) is 20.4 Å². The largest absolute Gasteiger partial charge is 0.156 e. The third-order valence-electron chi connectivity index (χ3n) is 2.07. The van der Waals surface area contributed by atoms with Gasteiger partial charge in [-0.05, 0) is 38.1 Å². The molecule has 4 heteroatoms. The third-order valence-corrected chi connectivity index (χ3v) is 2.07. The minimum atomic E-state index is 0.681. The number of aryl methyl sites for hydroxylation is 2. The second-order valence-corrected chi connectivity index (χ2v) is 3.51. The first-order chi connectivity index (χ1) is 7.24. The highest BCUT2D eigenvalue weighted by Gasteiger charge is 1.99. The topological polar surface area (TPSA) is 51.6 Å². The van der Waals surface area contributed by atoms with Gasteiger partial charge in [0.05, 0.1) is 22.8 Å². The molecule has 0 aliphatic heterocycles. The molecule has 0 aliphatic rings. The van der Waals surface area contributed by atoms with E-state index >= 15 is 0 Å². The van der Waals surface area contributed by atoms with Gasteiger partial charge in [-0.15, -0.1) is 0 Å². The van der Waals surface area contributed by atoms with Crippen LogP contribution in [0.2, 0.25) is 0 Å². The Balaban J connectivity index is 2.15. The lowest BCUT2D eigenvalue weighted by Gasteiger charge is -1.99.